The minimum absolute atomic E-state index is 0.245. The molecule has 1 aromatic carbocycles. The summed E-state index contributed by atoms with van der Waals surface area (Å²) in [5, 5.41) is 0. The summed E-state index contributed by atoms with van der Waals surface area (Å²) in [7, 11) is 0. The first kappa shape index (κ1) is 13.3. The molecule has 1 heterocycles. The van der Waals surface area contributed by atoms with Crippen LogP contribution in [-0.2, 0) is 0 Å². The van der Waals surface area contributed by atoms with E-state index in [1.165, 1.54) is 24.3 Å². The average molecular weight is 326 g/mol. The van der Waals surface area contributed by atoms with Crippen LogP contribution in [0.1, 0.15) is 20.8 Å². The molecule has 0 atom stereocenters. The molecular formula is C12H9BrFN3O2. The van der Waals surface area contributed by atoms with Crippen LogP contribution < -0.4 is 10.9 Å². The predicted molar refractivity (Wildman–Crippen MR) is 69.8 cm³/mol. The Morgan fingerprint density at radius 1 is 1.11 bits per heavy atom. The lowest BCUT2D eigenvalue weighted by atomic mass is 10.2. The standard InChI is InChI=1S/C12H9BrFN3O2/c13-8-5-10(15-6-8)12(19)17-16-11(18)7-1-3-9(14)4-2-7/h1-6,15H,(H,16,18)(H,17,19). The lowest BCUT2D eigenvalue weighted by Gasteiger charge is -2.06. The van der Waals surface area contributed by atoms with Gasteiger partial charge in [-0.1, -0.05) is 0 Å². The summed E-state index contributed by atoms with van der Waals surface area (Å²) in [6.07, 6.45) is 1.59. The number of benzene rings is 1. The maximum Gasteiger partial charge on any atom is 0.286 e. The Balaban J connectivity index is 1.93. The normalized spacial score (nSPS) is 10.0. The Morgan fingerprint density at radius 2 is 1.74 bits per heavy atom. The number of halogens is 2. The molecule has 0 radical (unpaired) electrons. The molecule has 7 heteroatoms. The number of hydrazine groups is 1. The molecule has 0 saturated carbocycles. The second kappa shape index (κ2) is 5.66. The minimum atomic E-state index is -0.529. The van der Waals surface area contributed by atoms with E-state index in [9.17, 15) is 14.0 Å². The van der Waals surface area contributed by atoms with Crippen LogP contribution in [0.4, 0.5) is 4.39 Å². The molecule has 1 aromatic heterocycles. The van der Waals surface area contributed by atoms with Crippen molar-refractivity contribution in [3.05, 3.63) is 58.1 Å². The van der Waals surface area contributed by atoms with Gasteiger partial charge in [-0.25, -0.2) is 4.39 Å². The van der Waals surface area contributed by atoms with Gasteiger partial charge in [-0.05, 0) is 46.3 Å². The maximum atomic E-state index is 12.7. The lowest BCUT2D eigenvalue weighted by Crippen LogP contribution is -2.41. The zero-order chi connectivity index (χ0) is 13.8. The van der Waals surface area contributed by atoms with Crippen LogP contribution in [-0.4, -0.2) is 16.8 Å². The third-order valence-corrected chi connectivity index (χ3v) is 2.75. The average Bonchev–Trinajstić information content (AvgIpc) is 2.83. The van der Waals surface area contributed by atoms with E-state index in [-0.39, 0.29) is 5.56 Å². The van der Waals surface area contributed by atoms with E-state index in [0.29, 0.717) is 5.69 Å². The number of nitrogens with one attached hydrogen (secondary N) is 3. The van der Waals surface area contributed by atoms with Gasteiger partial charge < -0.3 is 4.98 Å². The van der Waals surface area contributed by atoms with Gasteiger partial charge in [0.05, 0.1) is 0 Å². The SMILES string of the molecule is O=C(NNC(=O)c1cc(Br)c[nH]1)c1ccc(F)cc1. The van der Waals surface area contributed by atoms with E-state index >= 15 is 0 Å². The van der Waals surface area contributed by atoms with Gasteiger partial charge in [0.1, 0.15) is 11.5 Å². The molecular weight excluding hydrogens is 317 g/mol. The van der Waals surface area contributed by atoms with E-state index in [1.54, 1.807) is 12.3 Å². The predicted octanol–water partition coefficient (Wildman–Crippen LogP) is 1.99. The topological polar surface area (TPSA) is 74.0 Å². The van der Waals surface area contributed by atoms with Crippen molar-refractivity contribution in [3.8, 4) is 0 Å². The zero-order valence-corrected chi connectivity index (χ0v) is 11.1. The van der Waals surface area contributed by atoms with E-state index in [1.807, 2.05) is 0 Å². The van der Waals surface area contributed by atoms with Crippen molar-refractivity contribution >= 4 is 27.7 Å². The number of hydrogen-bond acceptors (Lipinski definition) is 2. The van der Waals surface area contributed by atoms with Gasteiger partial charge in [0.25, 0.3) is 11.8 Å². The van der Waals surface area contributed by atoms with Gasteiger partial charge in [-0.3, -0.25) is 20.4 Å². The number of H-pyrrole nitrogens is 1. The molecule has 0 aliphatic carbocycles. The number of hydrogen-bond donors (Lipinski definition) is 3. The Morgan fingerprint density at radius 3 is 2.32 bits per heavy atom. The van der Waals surface area contributed by atoms with E-state index in [0.717, 1.165) is 4.47 Å². The fraction of sp³-hybridized carbons (Fsp3) is 0. The molecule has 0 spiro atoms. The van der Waals surface area contributed by atoms with Crippen molar-refractivity contribution in [1.29, 1.82) is 0 Å². The van der Waals surface area contributed by atoms with Crippen LogP contribution in [0.25, 0.3) is 0 Å². The third-order valence-electron chi connectivity index (χ3n) is 2.29. The van der Waals surface area contributed by atoms with E-state index in [4.69, 9.17) is 0 Å². The van der Waals surface area contributed by atoms with Crippen LogP contribution in [0.5, 0.6) is 0 Å². The van der Waals surface area contributed by atoms with Gasteiger partial charge in [-0.2, -0.15) is 0 Å². The summed E-state index contributed by atoms with van der Waals surface area (Å²) in [5.41, 5.74) is 5.01. The van der Waals surface area contributed by atoms with Crippen molar-refractivity contribution < 1.29 is 14.0 Å². The Hall–Kier alpha value is -2.15. The number of rotatable bonds is 2. The van der Waals surface area contributed by atoms with Crippen molar-refractivity contribution in [2.75, 3.05) is 0 Å². The largest absolute Gasteiger partial charge is 0.356 e. The van der Waals surface area contributed by atoms with Crippen molar-refractivity contribution in [2.24, 2.45) is 0 Å². The summed E-state index contributed by atoms with van der Waals surface area (Å²) in [4.78, 5) is 26.0. The molecule has 2 aromatic rings. The van der Waals surface area contributed by atoms with Crippen LogP contribution in [0.2, 0.25) is 0 Å². The number of amides is 2. The Bertz CT molecular complexity index is 610. The molecule has 3 N–H and O–H groups in total. The fourth-order valence-electron chi connectivity index (χ4n) is 1.35. The van der Waals surface area contributed by atoms with Crippen LogP contribution in [0.15, 0.2) is 41.0 Å². The molecule has 0 aliphatic heterocycles. The van der Waals surface area contributed by atoms with Gasteiger partial charge in [-0.15, -0.1) is 0 Å². The highest BCUT2D eigenvalue weighted by Crippen LogP contribution is 2.10. The Kier molecular flexibility index (Phi) is 3.96. The number of aromatic amines is 1. The smallest absolute Gasteiger partial charge is 0.286 e. The molecule has 5 nitrogen and oxygen atoms in total. The fourth-order valence-corrected chi connectivity index (χ4v) is 1.70. The lowest BCUT2D eigenvalue weighted by molar-refractivity contribution is 0.0844. The Labute approximate surface area is 116 Å². The maximum absolute atomic E-state index is 12.7. The molecule has 2 amide bonds. The first-order valence-corrected chi connectivity index (χ1v) is 6.06. The number of aromatic nitrogens is 1. The zero-order valence-electron chi connectivity index (χ0n) is 9.54. The van der Waals surface area contributed by atoms with Gasteiger partial charge >= 0.3 is 0 Å². The van der Waals surface area contributed by atoms with Gasteiger partial charge in [0.2, 0.25) is 0 Å². The second-order valence-corrected chi connectivity index (χ2v) is 4.56. The highest BCUT2D eigenvalue weighted by Gasteiger charge is 2.10. The molecule has 2 rings (SSSR count). The third kappa shape index (κ3) is 3.41. The van der Waals surface area contributed by atoms with Crippen molar-refractivity contribution in [2.45, 2.75) is 0 Å². The molecule has 98 valence electrons. The van der Waals surface area contributed by atoms with Crippen LogP contribution >= 0.6 is 15.9 Å². The summed E-state index contributed by atoms with van der Waals surface area (Å²) in [6.45, 7) is 0. The second-order valence-electron chi connectivity index (χ2n) is 3.65. The first-order chi connectivity index (χ1) is 9.06. The van der Waals surface area contributed by atoms with Crippen molar-refractivity contribution in [3.63, 3.8) is 0 Å². The first-order valence-electron chi connectivity index (χ1n) is 5.26. The molecule has 0 unspecified atom stereocenters. The number of carbonyl (C=O) groups is 2. The van der Waals surface area contributed by atoms with Crippen LogP contribution in [0, 0.1) is 5.82 Å². The number of carbonyl (C=O) groups excluding carboxylic acids is 2. The summed E-state index contributed by atoms with van der Waals surface area (Å²) < 4.78 is 13.4. The molecule has 0 aliphatic rings. The quantitative estimate of drug-likeness (QED) is 0.739. The highest BCUT2D eigenvalue weighted by atomic mass is 79.9. The molecule has 0 saturated heterocycles. The highest BCUT2D eigenvalue weighted by molar-refractivity contribution is 9.10. The summed E-state index contributed by atoms with van der Waals surface area (Å²) in [6, 6.07) is 6.54. The van der Waals surface area contributed by atoms with Crippen molar-refractivity contribution in [1.82, 2.24) is 15.8 Å². The molecule has 19 heavy (non-hydrogen) atoms. The van der Waals surface area contributed by atoms with E-state index in [2.05, 4.69) is 31.8 Å². The molecule has 0 bridgehead atoms. The molecule has 0 fully saturated rings. The monoisotopic (exact) mass is 325 g/mol. The van der Waals surface area contributed by atoms with E-state index < -0.39 is 17.6 Å². The van der Waals surface area contributed by atoms with Gasteiger partial charge in [0, 0.05) is 16.2 Å². The minimum Gasteiger partial charge on any atom is -0.356 e. The summed E-state index contributed by atoms with van der Waals surface area (Å²) in [5.74, 6) is -1.45. The summed E-state index contributed by atoms with van der Waals surface area (Å²) >= 11 is 3.19. The van der Waals surface area contributed by atoms with Gasteiger partial charge in [0.15, 0.2) is 0 Å². The van der Waals surface area contributed by atoms with Crippen LogP contribution in [0.3, 0.4) is 0 Å².